The summed E-state index contributed by atoms with van der Waals surface area (Å²) in [7, 11) is 1.80. The molecule has 3 nitrogen and oxygen atoms in total. The molecule has 1 aliphatic rings. The number of likely N-dealkylation sites (N-methyl/N-ethyl adjacent to an activating group) is 1. The first-order chi connectivity index (χ1) is 9.12. The van der Waals surface area contributed by atoms with Gasteiger partial charge in [-0.05, 0) is 51.1 Å². The van der Waals surface area contributed by atoms with Crippen molar-refractivity contribution in [1.82, 2.24) is 10.2 Å². The summed E-state index contributed by atoms with van der Waals surface area (Å²) in [5, 5.41) is 3.70. The van der Waals surface area contributed by atoms with Gasteiger partial charge in [-0.3, -0.25) is 4.90 Å². The third-order valence-electron chi connectivity index (χ3n) is 4.62. The fourth-order valence-electron chi connectivity index (χ4n) is 3.50. The van der Waals surface area contributed by atoms with Crippen LogP contribution in [0.25, 0.3) is 0 Å². The third kappa shape index (κ3) is 5.41. The van der Waals surface area contributed by atoms with E-state index in [4.69, 9.17) is 4.74 Å². The molecule has 0 bridgehead atoms. The molecule has 0 radical (unpaired) electrons. The summed E-state index contributed by atoms with van der Waals surface area (Å²) in [6.45, 7) is 13.4. The molecule has 0 heterocycles. The topological polar surface area (TPSA) is 24.5 Å². The summed E-state index contributed by atoms with van der Waals surface area (Å²) in [6, 6.07) is 1.24. The molecule has 1 rings (SSSR count). The lowest BCUT2D eigenvalue weighted by Crippen LogP contribution is -2.48. The largest absolute Gasteiger partial charge is 0.383 e. The van der Waals surface area contributed by atoms with Gasteiger partial charge < -0.3 is 10.1 Å². The first-order valence-electron chi connectivity index (χ1n) is 8.08. The van der Waals surface area contributed by atoms with E-state index in [-0.39, 0.29) is 0 Å². The second-order valence-electron chi connectivity index (χ2n) is 6.23. The summed E-state index contributed by atoms with van der Waals surface area (Å²) in [5.41, 5.74) is 0. The molecule has 0 aliphatic heterocycles. The normalized spacial score (nSPS) is 29.7. The first-order valence-corrected chi connectivity index (χ1v) is 8.08. The molecule has 4 unspecified atom stereocenters. The lowest BCUT2D eigenvalue weighted by Gasteiger charge is -2.39. The maximum absolute atomic E-state index is 5.31. The Labute approximate surface area is 120 Å². The maximum Gasteiger partial charge on any atom is 0.0615 e. The van der Waals surface area contributed by atoms with Crippen LogP contribution in [0.2, 0.25) is 0 Å². The highest BCUT2D eigenvalue weighted by Gasteiger charge is 2.30. The van der Waals surface area contributed by atoms with Crippen LogP contribution in [-0.4, -0.2) is 50.3 Å². The number of hydrogen-bond acceptors (Lipinski definition) is 3. The van der Waals surface area contributed by atoms with Gasteiger partial charge in [-0.2, -0.15) is 0 Å². The van der Waals surface area contributed by atoms with Crippen LogP contribution in [0.3, 0.4) is 0 Å². The Balaban J connectivity index is 2.57. The van der Waals surface area contributed by atoms with Gasteiger partial charge in [0.1, 0.15) is 0 Å². The van der Waals surface area contributed by atoms with Gasteiger partial charge in [0.25, 0.3) is 0 Å². The molecule has 19 heavy (non-hydrogen) atoms. The molecular weight excluding hydrogens is 236 g/mol. The highest BCUT2D eigenvalue weighted by molar-refractivity contribution is 4.86. The van der Waals surface area contributed by atoms with Gasteiger partial charge in [-0.1, -0.05) is 20.8 Å². The molecule has 1 aliphatic carbocycles. The molecule has 3 heteroatoms. The van der Waals surface area contributed by atoms with E-state index in [0.717, 1.165) is 31.5 Å². The zero-order chi connectivity index (χ0) is 14.3. The summed E-state index contributed by atoms with van der Waals surface area (Å²) < 4.78 is 5.31. The van der Waals surface area contributed by atoms with Crippen molar-refractivity contribution in [2.24, 2.45) is 11.8 Å². The van der Waals surface area contributed by atoms with Crippen LogP contribution in [0.5, 0.6) is 0 Å². The van der Waals surface area contributed by atoms with Gasteiger partial charge in [-0.25, -0.2) is 0 Å². The van der Waals surface area contributed by atoms with Crippen molar-refractivity contribution in [3.05, 3.63) is 0 Å². The van der Waals surface area contributed by atoms with Crippen LogP contribution in [-0.2, 0) is 4.74 Å². The molecular formula is C16H34N2O. The van der Waals surface area contributed by atoms with Gasteiger partial charge in [-0.15, -0.1) is 0 Å². The molecule has 114 valence electrons. The Bertz CT molecular complexity index is 235. The molecule has 0 spiro atoms. The van der Waals surface area contributed by atoms with Gasteiger partial charge in [0, 0.05) is 25.7 Å². The quantitative estimate of drug-likeness (QED) is 0.734. The average molecular weight is 270 g/mol. The van der Waals surface area contributed by atoms with E-state index in [1.807, 2.05) is 0 Å². The average Bonchev–Trinajstić information content (AvgIpc) is 2.39. The van der Waals surface area contributed by atoms with Crippen molar-refractivity contribution in [3.8, 4) is 0 Å². The monoisotopic (exact) mass is 270 g/mol. The smallest absolute Gasteiger partial charge is 0.0615 e. The summed E-state index contributed by atoms with van der Waals surface area (Å²) >= 11 is 0. The number of methoxy groups -OCH3 is 1. The standard InChI is InChI=1S/C16H34N2O/c1-6-17-16-9-8-13(3)10-15(16)11-18(7-2)14(4)12-19-5/h13-17H,6-12H2,1-5H3. The summed E-state index contributed by atoms with van der Waals surface area (Å²) in [5.74, 6) is 1.68. The molecule has 0 amide bonds. The van der Waals surface area contributed by atoms with Crippen molar-refractivity contribution < 1.29 is 4.74 Å². The molecule has 0 aromatic rings. The molecule has 0 saturated heterocycles. The Kier molecular flexibility index (Phi) is 7.96. The second-order valence-corrected chi connectivity index (χ2v) is 6.23. The molecule has 0 aromatic heterocycles. The fraction of sp³-hybridized carbons (Fsp3) is 1.00. The van der Waals surface area contributed by atoms with E-state index < -0.39 is 0 Å². The molecule has 1 N–H and O–H groups in total. The number of hydrogen-bond donors (Lipinski definition) is 1. The van der Waals surface area contributed by atoms with Crippen LogP contribution in [0.1, 0.15) is 47.0 Å². The van der Waals surface area contributed by atoms with E-state index in [1.54, 1.807) is 7.11 Å². The Morgan fingerprint density at radius 2 is 2.05 bits per heavy atom. The SMILES string of the molecule is CCNC1CCC(C)CC1CN(CC)C(C)COC. The molecule has 4 atom stereocenters. The van der Waals surface area contributed by atoms with Crippen molar-refractivity contribution in [2.45, 2.75) is 59.0 Å². The predicted molar refractivity (Wildman–Crippen MR) is 82.6 cm³/mol. The van der Waals surface area contributed by atoms with Crippen molar-refractivity contribution >= 4 is 0 Å². The van der Waals surface area contributed by atoms with Crippen LogP contribution >= 0.6 is 0 Å². The number of rotatable bonds is 8. The van der Waals surface area contributed by atoms with Crippen molar-refractivity contribution in [1.29, 1.82) is 0 Å². The Morgan fingerprint density at radius 1 is 1.32 bits per heavy atom. The van der Waals surface area contributed by atoms with Gasteiger partial charge in [0.2, 0.25) is 0 Å². The third-order valence-corrected chi connectivity index (χ3v) is 4.62. The van der Waals surface area contributed by atoms with E-state index in [9.17, 15) is 0 Å². The lowest BCUT2D eigenvalue weighted by molar-refractivity contribution is 0.0730. The number of ether oxygens (including phenoxy) is 1. The van der Waals surface area contributed by atoms with E-state index in [1.165, 1.54) is 25.8 Å². The highest BCUT2D eigenvalue weighted by atomic mass is 16.5. The zero-order valence-corrected chi connectivity index (χ0v) is 13.6. The van der Waals surface area contributed by atoms with Crippen LogP contribution < -0.4 is 5.32 Å². The van der Waals surface area contributed by atoms with Gasteiger partial charge >= 0.3 is 0 Å². The maximum atomic E-state index is 5.31. The van der Waals surface area contributed by atoms with Gasteiger partial charge in [0.15, 0.2) is 0 Å². The highest BCUT2D eigenvalue weighted by Crippen LogP contribution is 2.30. The zero-order valence-electron chi connectivity index (χ0n) is 13.6. The number of nitrogens with one attached hydrogen (secondary N) is 1. The van der Waals surface area contributed by atoms with E-state index >= 15 is 0 Å². The minimum absolute atomic E-state index is 0.523. The van der Waals surface area contributed by atoms with Crippen molar-refractivity contribution in [2.75, 3.05) is 33.4 Å². The van der Waals surface area contributed by atoms with Gasteiger partial charge in [0.05, 0.1) is 6.61 Å². The molecule has 1 saturated carbocycles. The minimum Gasteiger partial charge on any atom is -0.383 e. The Hall–Kier alpha value is -0.120. The van der Waals surface area contributed by atoms with Crippen LogP contribution in [0.4, 0.5) is 0 Å². The molecule has 0 aromatic carbocycles. The minimum atomic E-state index is 0.523. The second kappa shape index (κ2) is 8.93. The fourth-order valence-corrected chi connectivity index (χ4v) is 3.50. The van der Waals surface area contributed by atoms with E-state index in [0.29, 0.717) is 12.1 Å². The predicted octanol–water partition coefficient (Wildman–Crippen LogP) is 2.76. The Morgan fingerprint density at radius 3 is 2.63 bits per heavy atom. The van der Waals surface area contributed by atoms with E-state index in [2.05, 4.69) is 37.9 Å². The summed E-state index contributed by atoms with van der Waals surface area (Å²) in [4.78, 5) is 2.58. The first kappa shape index (κ1) is 16.9. The summed E-state index contributed by atoms with van der Waals surface area (Å²) in [6.07, 6.45) is 4.09. The van der Waals surface area contributed by atoms with Crippen molar-refractivity contribution in [3.63, 3.8) is 0 Å². The lowest BCUT2D eigenvalue weighted by atomic mass is 9.78. The number of nitrogens with zero attached hydrogens (tertiary/aromatic N) is 1. The van der Waals surface area contributed by atoms with Crippen LogP contribution in [0, 0.1) is 11.8 Å². The molecule has 1 fully saturated rings. The van der Waals surface area contributed by atoms with Crippen LogP contribution in [0.15, 0.2) is 0 Å².